The number of hydrogen-bond acceptors (Lipinski definition) is 6. The molecule has 2 amide bonds. The molecule has 2 aliphatic heterocycles. The van der Waals surface area contributed by atoms with Crippen molar-refractivity contribution >= 4 is 6.03 Å². The van der Waals surface area contributed by atoms with Crippen molar-refractivity contribution in [1.29, 1.82) is 0 Å². The van der Waals surface area contributed by atoms with Gasteiger partial charge in [-0.05, 0) is 43.2 Å². The highest BCUT2D eigenvalue weighted by Crippen LogP contribution is 2.22. The number of ether oxygens (including phenoxy) is 2. The van der Waals surface area contributed by atoms with Crippen LogP contribution in [-0.2, 0) is 24.3 Å². The Hall–Kier alpha value is -3.53. The molecule has 1 atom stereocenters. The molecule has 0 saturated carbocycles. The number of aryl methyl sites for hydroxylation is 1. The fourth-order valence-electron chi connectivity index (χ4n) is 4.04. The summed E-state index contributed by atoms with van der Waals surface area (Å²) in [4.78, 5) is 19.0. The van der Waals surface area contributed by atoms with Crippen LogP contribution >= 0.6 is 0 Å². The summed E-state index contributed by atoms with van der Waals surface area (Å²) in [5.74, 6) is 0.191. The normalized spacial score (nSPS) is 17.6. The molecule has 3 aromatic rings. The number of fused-ring (bicyclic) bond motifs is 1. The van der Waals surface area contributed by atoms with Crippen molar-refractivity contribution in [3.05, 3.63) is 64.9 Å². The summed E-state index contributed by atoms with van der Waals surface area (Å²) in [7, 11) is 0. The Kier molecular flexibility index (Phi) is 5.91. The van der Waals surface area contributed by atoms with E-state index in [1.54, 1.807) is 21.7 Å². The van der Waals surface area contributed by atoms with Crippen molar-refractivity contribution in [2.24, 2.45) is 0 Å². The van der Waals surface area contributed by atoms with E-state index in [1.165, 1.54) is 12.1 Å². The van der Waals surface area contributed by atoms with Crippen LogP contribution in [0.3, 0.4) is 0 Å². The van der Waals surface area contributed by atoms with E-state index >= 15 is 0 Å². The number of halogens is 1. The van der Waals surface area contributed by atoms with E-state index in [0.717, 1.165) is 29.1 Å². The van der Waals surface area contributed by atoms with E-state index < -0.39 is 0 Å². The van der Waals surface area contributed by atoms with Crippen molar-refractivity contribution in [2.75, 3.05) is 19.8 Å². The third-order valence-corrected chi connectivity index (χ3v) is 5.95. The van der Waals surface area contributed by atoms with Gasteiger partial charge in [-0.15, -0.1) is 5.10 Å². The summed E-state index contributed by atoms with van der Waals surface area (Å²) in [6.07, 6.45) is 1.52. The number of nitrogens with one attached hydrogen (secondary N) is 1. The molecule has 9 nitrogen and oxygen atoms in total. The number of carbonyl (C=O) groups excluding carboxylic acids is 1. The van der Waals surface area contributed by atoms with Gasteiger partial charge in [0.05, 0.1) is 29.7 Å². The van der Waals surface area contributed by atoms with Gasteiger partial charge in [0.2, 0.25) is 5.88 Å². The number of carbonyl (C=O) groups is 1. The molecule has 1 unspecified atom stereocenters. The van der Waals surface area contributed by atoms with Crippen LogP contribution in [0.5, 0.6) is 5.88 Å². The second-order valence-corrected chi connectivity index (χ2v) is 8.24. The average molecular weight is 452 g/mol. The molecular formula is C23H25FN6O3. The Morgan fingerprint density at radius 3 is 2.91 bits per heavy atom. The maximum absolute atomic E-state index is 13.3. The van der Waals surface area contributed by atoms with Gasteiger partial charge in [0.1, 0.15) is 18.1 Å². The van der Waals surface area contributed by atoms with Gasteiger partial charge >= 0.3 is 6.03 Å². The summed E-state index contributed by atoms with van der Waals surface area (Å²) >= 11 is 0. The third kappa shape index (κ3) is 4.65. The monoisotopic (exact) mass is 452 g/mol. The van der Waals surface area contributed by atoms with Crippen LogP contribution in [0.15, 0.2) is 36.4 Å². The summed E-state index contributed by atoms with van der Waals surface area (Å²) in [6, 6.07) is 9.85. The van der Waals surface area contributed by atoms with Gasteiger partial charge in [0.25, 0.3) is 0 Å². The summed E-state index contributed by atoms with van der Waals surface area (Å²) in [5.41, 5.74) is 4.14. The third-order valence-electron chi connectivity index (χ3n) is 5.95. The van der Waals surface area contributed by atoms with E-state index in [4.69, 9.17) is 9.47 Å². The fourth-order valence-corrected chi connectivity index (χ4v) is 4.04. The largest absolute Gasteiger partial charge is 0.471 e. The highest BCUT2D eigenvalue weighted by molar-refractivity contribution is 5.75. The summed E-state index contributed by atoms with van der Waals surface area (Å²) in [6.45, 7) is 4.46. The Morgan fingerprint density at radius 1 is 1.27 bits per heavy atom. The van der Waals surface area contributed by atoms with Crippen molar-refractivity contribution in [3.63, 3.8) is 0 Å². The topological polar surface area (TPSA) is 94.4 Å². The van der Waals surface area contributed by atoms with E-state index in [0.29, 0.717) is 44.3 Å². The fraction of sp³-hybridized carbons (Fsp3) is 0.391. The number of aromatic nitrogens is 4. The van der Waals surface area contributed by atoms with Gasteiger partial charge in [0, 0.05) is 32.2 Å². The molecule has 0 bridgehead atoms. The molecule has 4 heterocycles. The second kappa shape index (κ2) is 9.14. The van der Waals surface area contributed by atoms with E-state index in [-0.39, 0.29) is 24.5 Å². The molecule has 1 fully saturated rings. The predicted octanol–water partition coefficient (Wildman–Crippen LogP) is 2.55. The van der Waals surface area contributed by atoms with E-state index in [1.807, 2.05) is 19.1 Å². The molecule has 2 aromatic heterocycles. The molecule has 33 heavy (non-hydrogen) atoms. The molecule has 10 heteroatoms. The van der Waals surface area contributed by atoms with Crippen molar-refractivity contribution in [1.82, 2.24) is 30.2 Å². The van der Waals surface area contributed by atoms with Gasteiger partial charge in [-0.3, -0.25) is 0 Å². The lowest BCUT2D eigenvalue weighted by molar-refractivity contribution is 0.174. The smallest absolute Gasteiger partial charge is 0.318 e. The Bertz CT molecular complexity index is 1140. The predicted molar refractivity (Wildman–Crippen MR) is 116 cm³/mol. The van der Waals surface area contributed by atoms with Crippen LogP contribution in [0.25, 0.3) is 5.69 Å². The lowest BCUT2D eigenvalue weighted by Crippen LogP contribution is -2.47. The molecule has 0 spiro atoms. The summed E-state index contributed by atoms with van der Waals surface area (Å²) in [5, 5.41) is 11.3. The maximum Gasteiger partial charge on any atom is 0.318 e. The number of rotatable bonds is 5. The van der Waals surface area contributed by atoms with Crippen molar-refractivity contribution < 1.29 is 18.7 Å². The van der Waals surface area contributed by atoms with Crippen molar-refractivity contribution in [3.8, 4) is 11.6 Å². The minimum Gasteiger partial charge on any atom is -0.471 e. The Labute approximate surface area is 190 Å². The van der Waals surface area contributed by atoms with Crippen LogP contribution in [0.2, 0.25) is 0 Å². The first kappa shape index (κ1) is 21.3. The lowest BCUT2D eigenvalue weighted by atomic mass is 10.1. The minimum absolute atomic E-state index is 0.0616. The first-order chi connectivity index (χ1) is 16.1. The van der Waals surface area contributed by atoms with Crippen LogP contribution in [0.4, 0.5) is 9.18 Å². The average Bonchev–Trinajstić information content (AvgIpc) is 3.47. The van der Waals surface area contributed by atoms with Crippen LogP contribution in [-0.4, -0.2) is 56.7 Å². The maximum atomic E-state index is 13.3. The molecule has 5 rings (SSSR count). The first-order valence-corrected chi connectivity index (χ1v) is 11.0. The van der Waals surface area contributed by atoms with Crippen LogP contribution in [0.1, 0.15) is 29.1 Å². The first-order valence-electron chi connectivity index (χ1n) is 11.0. The number of pyridine rings is 1. The molecular weight excluding hydrogens is 427 g/mol. The summed E-state index contributed by atoms with van der Waals surface area (Å²) < 4.78 is 26.2. The second-order valence-electron chi connectivity index (χ2n) is 8.24. The molecule has 1 aromatic carbocycles. The standard InChI is InChI=1S/C23H25FN6O3/c1-15-21(30(28-27-15)19-5-3-17(24)4-6-19)14-33-22-7-2-16-12-29(10-8-20(16)26-22)23(31)25-18-9-11-32-13-18/h2-7,18H,8-14H2,1H3,(H,25,31). The van der Waals surface area contributed by atoms with Gasteiger partial charge in [-0.1, -0.05) is 11.3 Å². The van der Waals surface area contributed by atoms with Gasteiger partial charge in [-0.2, -0.15) is 0 Å². The Balaban J connectivity index is 1.24. The molecule has 1 saturated heterocycles. The quantitative estimate of drug-likeness (QED) is 0.640. The zero-order valence-corrected chi connectivity index (χ0v) is 18.3. The van der Waals surface area contributed by atoms with Gasteiger partial charge in [0.15, 0.2) is 0 Å². The molecule has 2 aliphatic rings. The number of benzene rings is 1. The van der Waals surface area contributed by atoms with Crippen molar-refractivity contribution in [2.45, 2.75) is 39.0 Å². The van der Waals surface area contributed by atoms with E-state index in [2.05, 4.69) is 20.6 Å². The molecule has 0 radical (unpaired) electrons. The highest BCUT2D eigenvalue weighted by Gasteiger charge is 2.25. The minimum atomic E-state index is -0.310. The number of hydrogen-bond donors (Lipinski definition) is 1. The number of urea groups is 1. The zero-order valence-electron chi connectivity index (χ0n) is 18.3. The lowest BCUT2D eigenvalue weighted by Gasteiger charge is -2.29. The molecule has 1 N–H and O–H groups in total. The number of nitrogens with zero attached hydrogens (tertiary/aromatic N) is 5. The van der Waals surface area contributed by atoms with Gasteiger partial charge in [-0.25, -0.2) is 18.9 Å². The van der Waals surface area contributed by atoms with Gasteiger partial charge < -0.3 is 19.7 Å². The SMILES string of the molecule is Cc1nnn(-c2ccc(F)cc2)c1COc1ccc2c(n1)CCN(C(=O)NC1CCOC1)C2. The van der Waals surface area contributed by atoms with Crippen LogP contribution in [0, 0.1) is 12.7 Å². The molecule has 172 valence electrons. The highest BCUT2D eigenvalue weighted by atomic mass is 19.1. The van der Waals surface area contributed by atoms with E-state index in [9.17, 15) is 9.18 Å². The number of amides is 2. The van der Waals surface area contributed by atoms with Crippen LogP contribution < -0.4 is 10.1 Å². The Morgan fingerprint density at radius 2 is 2.12 bits per heavy atom. The molecule has 0 aliphatic carbocycles. The zero-order chi connectivity index (χ0) is 22.8.